The summed E-state index contributed by atoms with van der Waals surface area (Å²) in [6.07, 6.45) is 12.8. The summed E-state index contributed by atoms with van der Waals surface area (Å²) < 4.78 is 0. The van der Waals surface area contributed by atoms with E-state index >= 15 is 0 Å². The van der Waals surface area contributed by atoms with E-state index in [2.05, 4.69) is 32.9 Å². The second-order valence-electron chi connectivity index (χ2n) is 4.36. The first-order valence-corrected chi connectivity index (χ1v) is 6.22. The highest BCUT2D eigenvalue weighted by atomic mass is 14.2. The molecule has 14 heavy (non-hydrogen) atoms. The Bertz CT molecular complexity index is 220. The minimum atomic E-state index is 0.779. The molecule has 0 saturated heterocycles. The molecule has 0 saturated carbocycles. The molecule has 0 bridgehead atoms. The summed E-state index contributed by atoms with van der Waals surface area (Å²) in [4.78, 5) is 0. The van der Waals surface area contributed by atoms with Crippen molar-refractivity contribution in [3.8, 4) is 0 Å². The van der Waals surface area contributed by atoms with Crippen LogP contribution in [0.2, 0.25) is 0 Å². The van der Waals surface area contributed by atoms with Gasteiger partial charge in [0.25, 0.3) is 0 Å². The summed E-state index contributed by atoms with van der Waals surface area (Å²) >= 11 is 0. The van der Waals surface area contributed by atoms with Gasteiger partial charge in [-0.05, 0) is 25.2 Å². The van der Waals surface area contributed by atoms with Crippen molar-refractivity contribution < 1.29 is 0 Å². The molecule has 0 heterocycles. The molecule has 0 radical (unpaired) electrons. The Morgan fingerprint density at radius 3 is 2.29 bits per heavy atom. The molecule has 0 heteroatoms. The Hall–Kier alpha value is -0.520. The largest absolute Gasteiger partial charge is 0.0741 e. The number of hydrogen-bond donors (Lipinski definition) is 0. The Kier molecular flexibility index (Phi) is 5.00. The summed E-state index contributed by atoms with van der Waals surface area (Å²) in [5.41, 5.74) is 3.28. The van der Waals surface area contributed by atoms with E-state index in [9.17, 15) is 0 Å². The summed E-state index contributed by atoms with van der Waals surface area (Å²) in [5.74, 6) is 0.779. The third-order valence-electron chi connectivity index (χ3n) is 2.94. The zero-order chi connectivity index (χ0) is 10.4. The lowest BCUT2D eigenvalue weighted by Crippen LogP contribution is -1.96. The Morgan fingerprint density at radius 1 is 1.00 bits per heavy atom. The molecule has 0 amide bonds. The molecule has 1 aliphatic rings. The first-order chi connectivity index (χ1) is 6.81. The van der Waals surface area contributed by atoms with Crippen LogP contribution in [0, 0.1) is 5.92 Å². The van der Waals surface area contributed by atoms with Crippen LogP contribution >= 0.6 is 0 Å². The molecule has 1 rings (SSSR count). The van der Waals surface area contributed by atoms with Gasteiger partial charge in [-0.2, -0.15) is 0 Å². The highest BCUT2D eigenvalue weighted by Crippen LogP contribution is 2.32. The lowest BCUT2D eigenvalue weighted by molar-refractivity contribution is 0.634. The first kappa shape index (κ1) is 11.6. The van der Waals surface area contributed by atoms with E-state index in [0.29, 0.717) is 0 Å². The van der Waals surface area contributed by atoms with Gasteiger partial charge < -0.3 is 0 Å². The van der Waals surface area contributed by atoms with Crippen LogP contribution in [0.5, 0.6) is 0 Å². The highest BCUT2D eigenvalue weighted by Gasteiger charge is 2.16. The van der Waals surface area contributed by atoms with Crippen LogP contribution in [0.3, 0.4) is 0 Å². The molecule has 1 atom stereocenters. The quantitative estimate of drug-likeness (QED) is 0.563. The molecule has 0 aromatic heterocycles. The van der Waals surface area contributed by atoms with Gasteiger partial charge >= 0.3 is 0 Å². The fourth-order valence-electron chi connectivity index (χ4n) is 2.33. The van der Waals surface area contributed by atoms with Gasteiger partial charge in [0.15, 0.2) is 0 Å². The normalized spacial score (nSPS) is 20.9. The second kappa shape index (κ2) is 6.06. The predicted molar refractivity (Wildman–Crippen MR) is 64.4 cm³/mol. The summed E-state index contributed by atoms with van der Waals surface area (Å²) in [5, 5.41) is 0. The van der Waals surface area contributed by atoms with Gasteiger partial charge in [0.1, 0.15) is 0 Å². The predicted octanol–water partition coefficient (Wildman–Crippen LogP) is 4.87. The van der Waals surface area contributed by atoms with Crippen molar-refractivity contribution in [1.29, 1.82) is 0 Å². The lowest BCUT2D eigenvalue weighted by Gasteiger charge is -2.11. The van der Waals surface area contributed by atoms with E-state index in [0.717, 1.165) is 5.92 Å². The molecular weight excluding hydrogens is 168 g/mol. The van der Waals surface area contributed by atoms with E-state index in [1.807, 2.05) is 0 Å². The van der Waals surface area contributed by atoms with E-state index < -0.39 is 0 Å². The first-order valence-electron chi connectivity index (χ1n) is 6.22. The summed E-state index contributed by atoms with van der Waals surface area (Å²) in [7, 11) is 0. The van der Waals surface area contributed by atoms with Crippen LogP contribution in [-0.2, 0) is 0 Å². The van der Waals surface area contributed by atoms with E-state index in [4.69, 9.17) is 0 Å². The molecule has 0 aliphatic heterocycles. The topological polar surface area (TPSA) is 0 Å². The molecule has 0 spiro atoms. The van der Waals surface area contributed by atoms with Crippen molar-refractivity contribution in [1.82, 2.24) is 0 Å². The zero-order valence-electron chi connectivity index (χ0n) is 9.97. The van der Waals surface area contributed by atoms with Crippen molar-refractivity contribution in [3.05, 3.63) is 23.3 Å². The third-order valence-corrected chi connectivity index (χ3v) is 2.94. The van der Waals surface area contributed by atoms with Gasteiger partial charge in [-0.25, -0.2) is 0 Å². The van der Waals surface area contributed by atoms with Gasteiger partial charge in [-0.3, -0.25) is 0 Å². The monoisotopic (exact) mass is 192 g/mol. The van der Waals surface area contributed by atoms with Crippen LogP contribution in [0.25, 0.3) is 0 Å². The van der Waals surface area contributed by atoms with Gasteiger partial charge in [0.2, 0.25) is 0 Å². The van der Waals surface area contributed by atoms with Crippen molar-refractivity contribution in [2.75, 3.05) is 0 Å². The van der Waals surface area contributed by atoms with Gasteiger partial charge in [0.05, 0.1) is 0 Å². The maximum absolute atomic E-state index is 2.51. The van der Waals surface area contributed by atoms with Gasteiger partial charge in [-0.15, -0.1) is 0 Å². The number of rotatable bonds is 6. The van der Waals surface area contributed by atoms with Gasteiger partial charge in [0, 0.05) is 0 Å². The molecule has 0 fully saturated rings. The lowest BCUT2D eigenvalue weighted by atomic mass is 9.94. The summed E-state index contributed by atoms with van der Waals surface area (Å²) in [6.45, 7) is 6.83. The van der Waals surface area contributed by atoms with Crippen molar-refractivity contribution in [3.63, 3.8) is 0 Å². The molecule has 80 valence electrons. The molecule has 0 nitrogen and oxygen atoms in total. The van der Waals surface area contributed by atoms with Crippen molar-refractivity contribution >= 4 is 0 Å². The van der Waals surface area contributed by atoms with Crippen LogP contribution in [0.4, 0.5) is 0 Å². The molecule has 0 aromatic rings. The SMILES string of the molecule is CCCC1=CC(CCC)C(CCC)=C1. The highest BCUT2D eigenvalue weighted by molar-refractivity contribution is 5.35. The van der Waals surface area contributed by atoms with Crippen LogP contribution in [0.15, 0.2) is 23.3 Å². The number of allylic oxidation sites excluding steroid dienone is 4. The minimum absolute atomic E-state index is 0.779. The van der Waals surface area contributed by atoms with Crippen LogP contribution < -0.4 is 0 Å². The standard InChI is InChI=1S/C14H24/c1-4-7-12-10-13(8-5-2)14(11-12)9-6-3/h10-11,13H,4-9H2,1-3H3. The average Bonchev–Trinajstić information content (AvgIpc) is 2.50. The fourth-order valence-corrected chi connectivity index (χ4v) is 2.33. The minimum Gasteiger partial charge on any atom is -0.0741 e. The maximum atomic E-state index is 2.51. The smallest absolute Gasteiger partial charge is 0.00143 e. The molecular formula is C14H24. The fraction of sp³-hybridized carbons (Fsp3) is 0.714. The van der Waals surface area contributed by atoms with E-state index in [-0.39, 0.29) is 0 Å². The Balaban J connectivity index is 2.59. The molecule has 0 N–H and O–H groups in total. The van der Waals surface area contributed by atoms with Crippen LogP contribution in [-0.4, -0.2) is 0 Å². The molecule has 1 aliphatic carbocycles. The van der Waals surface area contributed by atoms with E-state index in [1.54, 1.807) is 11.1 Å². The van der Waals surface area contributed by atoms with Gasteiger partial charge in [-0.1, -0.05) is 63.3 Å². The molecule has 0 aromatic carbocycles. The average molecular weight is 192 g/mol. The van der Waals surface area contributed by atoms with Crippen molar-refractivity contribution in [2.45, 2.75) is 59.3 Å². The number of hydrogen-bond acceptors (Lipinski definition) is 0. The van der Waals surface area contributed by atoms with E-state index in [1.165, 1.54) is 38.5 Å². The second-order valence-corrected chi connectivity index (χ2v) is 4.36. The molecule has 1 unspecified atom stereocenters. The maximum Gasteiger partial charge on any atom is -0.00143 e. The zero-order valence-corrected chi connectivity index (χ0v) is 9.97. The van der Waals surface area contributed by atoms with Crippen molar-refractivity contribution in [2.24, 2.45) is 5.92 Å². The summed E-state index contributed by atoms with van der Waals surface area (Å²) in [6, 6.07) is 0. The Morgan fingerprint density at radius 2 is 1.71 bits per heavy atom. The third kappa shape index (κ3) is 3.01. The van der Waals surface area contributed by atoms with Crippen LogP contribution in [0.1, 0.15) is 59.3 Å². The Labute approximate surface area is 89.1 Å².